The van der Waals surface area contributed by atoms with Crippen LogP contribution in [0.15, 0.2) is 18.2 Å². The van der Waals surface area contributed by atoms with E-state index < -0.39 is 5.97 Å². The van der Waals surface area contributed by atoms with Gasteiger partial charge in [-0.25, -0.2) is 4.79 Å². The van der Waals surface area contributed by atoms with Crippen LogP contribution in [-0.4, -0.2) is 28.6 Å². The number of nitrogens with zero attached hydrogens (tertiary/aromatic N) is 1. The third kappa shape index (κ3) is 4.80. The highest BCUT2D eigenvalue weighted by Gasteiger charge is 2.28. The van der Waals surface area contributed by atoms with Crippen molar-refractivity contribution in [3.05, 3.63) is 28.0 Å². The van der Waals surface area contributed by atoms with Crippen LogP contribution in [0.2, 0.25) is 0 Å². The van der Waals surface area contributed by atoms with Gasteiger partial charge in [0.05, 0.1) is 0 Å². The van der Waals surface area contributed by atoms with Gasteiger partial charge in [-0.1, -0.05) is 13.3 Å². The molecule has 1 heterocycles. The zero-order valence-corrected chi connectivity index (χ0v) is 12.2. The van der Waals surface area contributed by atoms with Crippen LogP contribution in [0.25, 0.3) is 6.08 Å². The monoisotopic (exact) mass is 279 g/mol. The van der Waals surface area contributed by atoms with Crippen molar-refractivity contribution in [1.82, 2.24) is 4.90 Å². The molecule has 4 heteroatoms. The number of unbranched alkanes of at least 4 members (excludes halogenated alkanes) is 1. The van der Waals surface area contributed by atoms with Gasteiger partial charge in [-0.3, -0.25) is 4.90 Å². The molecular formula is C15H21NO2S. The average Bonchev–Trinajstić information content (AvgIpc) is 3.13. The number of carbonyl (C=O) groups is 1. The Morgan fingerprint density at radius 3 is 2.95 bits per heavy atom. The fourth-order valence-corrected chi connectivity index (χ4v) is 3.06. The van der Waals surface area contributed by atoms with Crippen LogP contribution in [0.3, 0.4) is 0 Å². The molecule has 1 fully saturated rings. The zero-order valence-electron chi connectivity index (χ0n) is 11.3. The van der Waals surface area contributed by atoms with E-state index in [0.29, 0.717) is 0 Å². The van der Waals surface area contributed by atoms with Gasteiger partial charge in [-0.05, 0) is 44.0 Å². The van der Waals surface area contributed by atoms with E-state index in [-0.39, 0.29) is 0 Å². The fourth-order valence-electron chi connectivity index (χ4n) is 2.11. The van der Waals surface area contributed by atoms with Gasteiger partial charge >= 0.3 is 5.97 Å². The van der Waals surface area contributed by atoms with Crippen molar-refractivity contribution in [2.45, 2.75) is 45.2 Å². The summed E-state index contributed by atoms with van der Waals surface area (Å²) in [5.41, 5.74) is 0. The molecule has 0 bridgehead atoms. The van der Waals surface area contributed by atoms with Crippen molar-refractivity contribution in [1.29, 1.82) is 0 Å². The molecule has 0 aliphatic heterocycles. The second-order valence-electron chi connectivity index (χ2n) is 5.03. The summed E-state index contributed by atoms with van der Waals surface area (Å²) in [5, 5.41) is 8.61. The van der Waals surface area contributed by atoms with E-state index >= 15 is 0 Å². The summed E-state index contributed by atoms with van der Waals surface area (Å²) in [5.74, 6) is -0.891. The van der Waals surface area contributed by atoms with E-state index in [1.165, 1.54) is 43.2 Å². The Morgan fingerprint density at radius 1 is 1.53 bits per heavy atom. The van der Waals surface area contributed by atoms with Gasteiger partial charge in [0, 0.05) is 28.4 Å². The summed E-state index contributed by atoms with van der Waals surface area (Å²) in [7, 11) is 0. The van der Waals surface area contributed by atoms with Gasteiger partial charge in [-0.15, -0.1) is 11.3 Å². The highest BCUT2D eigenvalue weighted by molar-refractivity contribution is 7.12. The van der Waals surface area contributed by atoms with Gasteiger partial charge < -0.3 is 5.11 Å². The molecule has 1 aromatic rings. The molecule has 0 radical (unpaired) electrons. The molecular weight excluding hydrogens is 258 g/mol. The molecule has 0 amide bonds. The van der Waals surface area contributed by atoms with Gasteiger partial charge in [0.25, 0.3) is 0 Å². The lowest BCUT2D eigenvalue weighted by Gasteiger charge is -2.20. The van der Waals surface area contributed by atoms with Crippen molar-refractivity contribution >= 4 is 23.4 Å². The Bertz CT molecular complexity index is 449. The Labute approximate surface area is 118 Å². The smallest absolute Gasteiger partial charge is 0.328 e. The van der Waals surface area contributed by atoms with Crippen LogP contribution < -0.4 is 0 Å². The third-order valence-corrected chi connectivity index (χ3v) is 4.33. The number of carboxylic acid groups (broad SMARTS) is 1. The van der Waals surface area contributed by atoms with Crippen molar-refractivity contribution in [3.8, 4) is 0 Å². The molecule has 0 aromatic carbocycles. The number of hydrogen-bond donors (Lipinski definition) is 1. The lowest BCUT2D eigenvalue weighted by atomic mass is 10.3. The van der Waals surface area contributed by atoms with E-state index in [0.717, 1.165) is 17.5 Å². The van der Waals surface area contributed by atoms with E-state index in [9.17, 15) is 4.79 Å². The first kappa shape index (κ1) is 14.3. The quantitative estimate of drug-likeness (QED) is 0.739. The predicted molar refractivity (Wildman–Crippen MR) is 79.3 cm³/mol. The maximum absolute atomic E-state index is 10.5. The second kappa shape index (κ2) is 6.87. The summed E-state index contributed by atoms with van der Waals surface area (Å²) in [6, 6.07) is 4.91. The van der Waals surface area contributed by atoms with Crippen LogP contribution in [0, 0.1) is 0 Å². The summed E-state index contributed by atoms with van der Waals surface area (Å²) < 4.78 is 0. The Balaban J connectivity index is 1.91. The molecule has 0 saturated heterocycles. The lowest BCUT2D eigenvalue weighted by Crippen LogP contribution is -2.26. The van der Waals surface area contributed by atoms with Gasteiger partial charge in [0.1, 0.15) is 0 Å². The fraction of sp³-hybridized carbons (Fsp3) is 0.533. The van der Waals surface area contributed by atoms with Gasteiger partial charge in [0.15, 0.2) is 0 Å². The highest BCUT2D eigenvalue weighted by Crippen LogP contribution is 2.30. The molecule has 104 valence electrons. The van der Waals surface area contributed by atoms with E-state index in [1.54, 1.807) is 17.4 Å². The Hall–Kier alpha value is -1.13. The van der Waals surface area contributed by atoms with E-state index in [4.69, 9.17) is 5.11 Å². The van der Waals surface area contributed by atoms with Gasteiger partial charge in [-0.2, -0.15) is 0 Å². The largest absolute Gasteiger partial charge is 0.478 e. The van der Waals surface area contributed by atoms with Crippen LogP contribution in [0.1, 0.15) is 42.4 Å². The molecule has 0 unspecified atom stereocenters. The maximum atomic E-state index is 10.5. The summed E-state index contributed by atoms with van der Waals surface area (Å²) in [6.45, 7) is 4.42. The Morgan fingerprint density at radius 2 is 2.32 bits per heavy atom. The minimum atomic E-state index is -0.891. The molecule has 2 rings (SSSR count). The van der Waals surface area contributed by atoms with Crippen LogP contribution >= 0.6 is 11.3 Å². The van der Waals surface area contributed by atoms with E-state index in [1.807, 2.05) is 6.07 Å². The minimum Gasteiger partial charge on any atom is -0.478 e. The number of aliphatic carboxylic acids is 1. The van der Waals surface area contributed by atoms with Crippen LogP contribution in [0.5, 0.6) is 0 Å². The molecule has 3 nitrogen and oxygen atoms in total. The molecule has 0 spiro atoms. The number of hydrogen-bond acceptors (Lipinski definition) is 3. The van der Waals surface area contributed by atoms with Crippen molar-refractivity contribution in [2.75, 3.05) is 6.54 Å². The number of carboxylic acids is 1. The summed E-state index contributed by atoms with van der Waals surface area (Å²) in [6.07, 6.45) is 8.03. The van der Waals surface area contributed by atoms with Crippen molar-refractivity contribution in [2.24, 2.45) is 0 Å². The summed E-state index contributed by atoms with van der Waals surface area (Å²) in [4.78, 5) is 15.4. The zero-order chi connectivity index (χ0) is 13.7. The van der Waals surface area contributed by atoms with Crippen molar-refractivity contribution in [3.63, 3.8) is 0 Å². The Kier molecular flexibility index (Phi) is 5.16. The second-order valence-corrected chi connectivity index (χ2v) is 6.23. The topological polar surface area (TPSA) is 40.5 Å². The highest BCUT2D eigenvalue weighted by atomic mass is 32.1. The van der Waals surface area contributed by atoms with Crippen molar-refractivity contribution < 1.29 is 9.90 Å². The third-order valence-electron chi connectivity index (χ3n) is 3.29. The molecule has 1 aliphatic rings. The molecule has 1 aromatic heterocycles. The maximum Gasteiger partial charge on any atom is 0.328 e. The number of rotatable bonds is 8. The molecule has 1 aliphatic carbocycles. The number of thiophene rings is 1. The molecule has 1 N–H and O–H groups in total. The first-order chi connectivity index (χ1) is 9.19. The first-order valence-corrected chi connectivity index (χ1v) is 7.74. The summed E-state index contributed by atoms with van der Waals surface area (Å²) >= 11 is 1.69. The SMILES string of the molecule is CCCCN(Cc1ccc(/C=C/C(=O)O)s1)C1CC1. The molecule has 1 saturated carbocycles. The molecule has 0 atom stereocenters. The minimum absolute atomic E-state index is 0.784. The van der Waals surface area contributed by atoms with Crippen LogP contribution in [-0.2, 0) is 11.3 Å². The molecule has 19 heavy (non-hydrogen) atoms. The predicted octanol–water partition coefficient (Wildman–Crippen LogP) is 3.61. The first-order valence-electron chi connectivity index (χ1n) is 6.93. The lowest BCUT2D eigenvalue weighted by molar-refractivity contribution is -0.131. The standard InChI is InChI=1S/C15H21NO2S/c1-2-3-10-16(12-4-5-12)11-14-7-6-13(19-14)8-9-15(17)18/h6-9,12H,2-5,10-11H2,1H3,(H,17,18)/b9-8+. The van der Waals surface area contributed by atoms with E-state index in [2.05, 4.69) is 17.9 Å². The normalized spacial score (nSPS) is 15.5. The van der Waals surface area contributed by atoms with Crippen LogP contribution in [0.4, 0.5) is 0 Å². The van der Waals surface area contributed by atoms with Gasteiger partial charge in [0.2, 0.25) is 0 Å². The average molecular weight is 279 g/mol.